The summed E-state index contributed by atoms with van der Waals surface area (Å²) in [4.78, 5) is 11.0. The van der Waals surface area contributed by atoms with Gasteiger partial charge in [0.2, 0.25) is 0 Å². The maximum Gasteiger partial charge on any atom is 0.327 e. The zero-order chi connectivity index (χ0) is 11.5. The van der Waals surface area contributed by atoms with Crippen LogP contribution in [0.25, 0.3) is 0 Å². The lowest BCUT2D eigenvalue weighted by atomic mass is 9.88. The predicted octanol–water partition coefficient (Wildman–Crippen LogP) is 3.49. The molecule has 0 saturated heterocycles. The normalized spacial score (nSPS) is 24.3. The van der Waals surface area contributed by atoms with Crippen LogP contribution < -0.4 is 0 Å². The highest BCUT2D eigenvalue weighted by atomic mass is 35.5. The van der Waals surface area contributed by atoms with Crippen molar-refractivity contribution in [2.24, 2.45) is 0 Å². The average Bonchev–Trinajstić information content (AvgIpc) is 2.18. The average molecular weight is 253 g/mol. The molecule has 0 amide bonds. The molecule has 0 aromatic rings. The fourth-order valence-electron chi connectivity index (χ4n) is 1.68. The lowest BCUT2D eigenvalue weighted by Gasteiger charge is -2.30. The van der Waals surface area contributed by atoms with E-state index in [9.17, 15) is 4.79 Å². The van der Waals surface area contributed by atoms with Crippen LogP contribution in [-0.4, -0.2) is 22.3 Å². The maximum atomic E-state index is 11.8. The number of ether oxygens (including phenoxy) is 1. The zero-order valence-electron chi connectivity index (χ0n) is 9.26. The Hall–Kier alpha value is 0.0500. The highest BCUT2D eigenvalue weighted by Crippen LogP contribution is 2.35. The van der Waals surface area contributed by atoms with Crippen molar-refractivity contribution in [2.45, 2.75) is 62.3 Å². The molecule has 1 fully saturated rings. The Bertz CT molecular complexity index is 223. The van der Waals surface area contributed by atoms with E-state index in [1.165, 1.54) is 0 Å². The van der Waals surface area contributed by atoms with E-state index in [2.05, 4.69) is 0 Å². The highest BCUT2D eigenvalue weighted by Gasteiger charge is 2.39. The Morgan fingerprint density at radius 2 is 1.80 bits per heavy atom. The summed E-state index contributed by atoms with van der Waals surface area (Å²) in [7, 11) is 0. The van der Waals surface area contributed by atoms with Crippen molar-refractivity contribution in [1.82, 2.24) is 0 Å². The van der Waals surface area contributed by atoms with Gasteiger partial charge in [-0.2, -0.15) is 0 Å². The van der Waals surface area contributed by atoms with Gasteiger partial charge in [0.1, 0.15) is 11.0 Å². The lowest BCUT2D eigenvalue weighted by Crippen LogP contribution is -2.39. The molecule has 0 N–H and O–H groups in total. The molecular formula is C11H18Cl2O2. The number of halogens is 2. The molecule has 2 nitrogen and oxygen atoms in total. The van der Waals surface area contributed by atoms with Gasteiger partial charge in [-0.3, -0.25) is 4.79 Å². The molecule has 0 aliphatic heterocycles. The molecule has 0 aromatic heterocycles. The molecule has 2 atom stereocenters. The van der Waals surface area contributed by atoms with Crippen molar-refractivity contribution >= 4 is 29.2 Å². The summed E-state index contributed by atoms with van der Waals surface area (Å²) in [6, 6.07) is 0. The first-order chi connectivity index (χ1) is 6.96. The van der Waals surface area contributed by atoms with E-state index >= 15 is 0 Å². The van der Waals surface area contributed by atoms with Gasteiger partial charge >= 0.3 is 5.97 Å². The minimum Gasteiger partial charge on any atom is -0.460 e. The van der Waals surface area contributed by atoms with E-state index in [-0.39, 0.29) is 17.5 Å². The largest absolute Gasteiger partial charge is 0.460 e. The van der Waals surface area contributed by atoms with Gasteiger partial charge in [0.05, 0.1) is 5.38 Å². The molecule has 0 bridgehead atoms. The van der Waals surface area contributed by atoms with E-state index in [1.54, 1.807) is 13.8 Å². The van der Waals surface area contributed by atoms with Gasteiger partial charge in [-0.25, -0.2) is 0 Å². The second-order valence-electron chi connectivity index (χ2n) is 4.31. The van der Waals surface area contributed by atoms with Crippen molar-refractivity contribution in [3.05, 3.63) is 0 Å². The molecule has 4 heteroatoms. The van der Waals surface area contributed by atoms with Crippen LogP contribution in [0.4, 0.5) is 0 Å². The van der Waals surface area contributed by atoms with Gasteiger partial charge in [0.15, 0.2) is 0 Å². The first-order valence-electron chi connectivity index (χ1n) is 5.50. The highest BCUT2D eigenvalue weighted by molar-refractivity contribution is 6.34. The monoisotopic (exact) mass is 252 g/mol. The molecule has 1 aliphatic carbocycles. The van der Waals surface area contributed by atoms with Gasteiger partial charge in [-0.1, -0.05) is 19.3 Å². The zero-order valence-corrected chi connectivity index (χ0v) is 10.8. The van der Waals surface area contributed by atoms with E-state index in [0.717, 1.165) is 32.1 Å². The molecule has 0 spiro atoms. The molecule has 1 rings (SSSR count). The summed E-state index contributed by atoms with van der Waals surface area (Å²) in [5.41, 5.74) is 0. The predicted molar refractivity (Wildman–Crippen MR) is 62.5 cm³/mol. The summed E-state index contributed by atoms with van der Waals surface area (Å²) < 4.78 is 5.25. The Balaban J connectivity index is 2.51. The number of hydrogen-bond acceptors (Lipinski definition) is 2. The minimum absolute atomic E-state index is 0.183. The molecule has 15 heavy (non-hydrogen) atoms. The minimum atomic E-state index is -0.793. The molecule has 1 saturated carbocycles. The first-order valence-corrected chi connectivity index (χ1v) is 6.31. The summed E-state index contributed by atoms with van der Waals surface area (Å²) in [5, 5.41) is -0.183. The van der Waals surface area contributed by atoms with Crippen molar-refractivity contribution in [3.63, 3.8) is 0 Å². The van der Waals surface area contributed by atoms with Crippen LogP contribution in [0.5, 0.6) is 0 Å². The van der Waals surface area contributed by atoms with Crippen molar-refractivity contribution in [2.75, 3.05) is 0 Å². The van der Waals surface area contributed by atoms with Crippen LogP contribution >= 0.6 is 23.2 Å². The van der Waals surface area contributed by atoms with Crippen molar-refractivity contribution < 1.29 is 9.53 Å². The third-order valence-electron chi connectivity index (χ3n) is 2.95. The van der Waals surface area contributed by atoms with Gasteiger partial charge < -0.3 is 4.74 Å². The summed E-state index contributed by atoms with van der Waals surface area (Å²) in [5.74, 6) is -0.302. The quantitative estimate of drug-likeness (QED) is 0.568. The standard InChI is InChI=1S/C11H18Cl2O2/c1-8(12)9(2)15-10(14)11(13)6-4-3-5-7-11/h8-9H,3-7H2,1-2H3. The molecule has 0 radical (unpaired) electrons. The third kappa shape index (κ3) is 3.53. The van der Waals surface area contributed by atoms with Gasteiger partial charge in [-0.05, 0) is 26.7 Å². The van der Waals surface area contributed by atoms with E-state index in [0.29, 0.717) is 0 Å². The Labute approximate surface area is 101 Å². The first kappa shape index (κ1) is 13.1. The Morgan fingerprint density at radius 1 is 1.27 bits per heavy atom. The number of carbonyl (C=O) groups excluding carboxylic acids is 1. The van der Waals surface area contributed by atoms with E-state index in [1.807, 2.05) is 0 Å². The van der Waals surface area contributed by atoms with Crippen LogP contribution in [0.2, 0.25) is 0 Å². The van der Waals surface area contributed by atoms with Crippen LogP contribution in [-0.2, 0) is 9.53 Å². The Morgan fingerprint density at radius 3 is 2.27 bits per heavy atom. The Kier molecular flexibility index (Phi) is 4.72. The lowest BCUT2D eigenvalue weighted by molar-refractivity contribution is -0.152. The SMILES string of the molecule is CC(Cl)C(C)OC(=O)C1(Cl)CCCCC1. The van der Waals surface area contributed by atoms with E-state index in [4.69, 9.17) is 27.9 Å². The topological polar surface area (TPSA) is 26.3 Å². The van der Waals surface area contributed by atoms with Gasteiger partial charge in [0, 0.05) is 0 Å². The van der Waals surface area contributed by atoms with Crippen LogP contribution in [0.1, 0.15) is 46.0 Å². The maximum absolute atomic E-state index is 11.8. The third-order valence-corrected chi connectivity index (χ3v) is 3.84. The summed E-state index contributed by atoms with van der Waals surface area (Å²) in [6.07, 6.45) is 4.32. The molecule has 2 unspecified atom stereocenters. The smallest absolute Gasteiger partial charge is 0.327 e. The fraction of sp³-hybridized carbons (Fsp3) is 0.909. The second-order valence-corrected chi connectivity index (χ2v) is 5.73. The number of carbonyl (C=O) groups is 1. The molecule has 0 aromatic carbocycles. The molecule has 88 valence electrons. The summed E-state index contributed by atoms with van der Waals surface area (Å²) >= 11 is 12.1. The molecular weight excluding hydrogens is 235 g/mol. The van der Waals surface area contributed by atoms with Crippen molar-refractivity contribution in [3.8, 4) is 0 Å². The number of esters is 1. The molecule has 0 heterocycles. The number of alkyl halides is 2. The van der Waals surface area contributed by atoms with Gasteiger partial charge in [-0.15, -0.1) is 23.2 Å². The van der Waals surface area contributed by atoms with Crippen LogP contribution in [0, 0.1) is 0 Å². The number of rotatable bonds is 3. The van der Waals surface area contributed by atoms with Crippen molar-refractivity contribution in [1.29, 1.82) is 0 Å². The van der Waals surface area contributed by atoms with Crippen LogP contribution in [0.15, 0.2) is 0 Å². The number of hydrogen-bond donors (Lipinski definition) is 0. The summed E-state index contributed by atoms with van der Waals surface area (Å²) in [6.45, 7) is 3.60. The fourth-order valence-corrected chi connectivity index (χ4v) is 2.05. The van der Waals surface area contributed by atoms with Crippen LogP contribution in [0.3, 0.4) is 0 Å². The van der Waals surface area contributed by atoms with Gasteiger partial charge in [0.25, 0.3) is 0 Å². The second kappa shape index (κ2) is 5.40. The molecule has 1 aliphatic rings. The van der Waals surface area contributed by atoms with E-state index < -0.39 is 4.87 Å².